The number of nitrogens with one attached hydrogen (secondary N) is 1. The summed E-state index contributed by atoms with van der Waals surface area (Å²) < 4.78 is 12.9. The van der Waals surface area contributed by atoms with E-state index in [1.165, 1.54) is 23.3 Å². The Bertz CT molecular complexity index is 553. The first-order valence-corrected chi connectivity index (χ1v) is 7.62. The van der Waals surface area contributed by atoms with Crippen molar-refractivity contribution in [2.24, 2.45) is 0 Å². The molecule has 0 aliphatic carbocycles. The molecule has 0 saturated heterocycles. The predicted octanol–water partition coefficient (Wildman–Crippen LogP) is 3.90. The van der Waals surface area contributed by atoms with Gasteiger partial charge in [0, 0.05) is 24.1 Å². The summed E-state index contributed by atoms with van der Waals surface area (Å²) in [4.78, 5) is 0. The lowest BCUT2D eigenvalue weighted by atomic mass is 10.0. The Morgan fingerprint density at radius 3 is 2.74 bits per heavy atom. The summed E-state index contributed by atoms with van der Waals surface area (Å²) in [5.41, 5.74) is 3.95. The van der Waals surface area contributed by atoms with E-state index in [-0.39, 0.29) is 5.82 Å². The van der Waals surface area contributed by atoms with Crippen molar-refractivity contribution in [2.75, 3.05) is 5.75 Å². The first kappa shape index (κ1) is 12.7. The first-order chi connectivity index (χ1) is 9.33. The molecule has 2 aromatic rings. The van der Waals surface area contributed by atoms with Gasteiger partial charge in [-0.3, -0.25) is 0 Å². The summed E-state index contributed by atoms with van der Waals surface area (Å²) in [6.07, 6.45) is 0. The van der Waals surface area contributed by atoms with Crippen LogP contribution in [0.4, 0.5) is 4.39 Å². The average molecular weight is 273 g/mol. The summed E-state index contributed by atoms with van der Waals surface area (Å²) >= 11 is 1.96. The lowest BCUT2D eigenvalue weighted by molar-refractivity contribution is 0.573. The Labute approximate surface area is 117 Å². The Kier molecular flexibility index (Phi) is 3.85. The molecular formula is C16H16FNS. The maximum Gasteiger partial charge on any atom is 0.123 e. The predicted molar refractivity (Wildman–Crippen MR) is 78.6 cm³/mol. The molecule has 19 heavy (non-hydrogen) atoms. The largest absolute Gasteiger partial charge is 0.305 e. The molecule has 98 valence electrons. The molecule has 1 atom stereocenters. The lowest BCUT2D eigenvalue weighted by Gasteiger charge is -2.26. The summed E-state index contributed by atoms with van der Waals surface area (Å²) in [6.45, 7) is 0.778. The van der Waals surface area contributed by atoms with E-state index in [1.807, 2.05) is 23.9 Å². The number of halogens is 1. The van der Waals surface area contributed by atoms with Crippen molar-refractivity contribution in [1.82, 2.24) is 5.32 Å². The van der Waals surface area contributed by atoms with Gasteiger partial charge in [-0.2, -0.15) is 11.8 Å². The zero-order valence-electron chi connectivity index (χ0n) is 10.6. The molecule has 0 saturated carbocycles. The fourth-order valence-corrected chi connectivity index (χ4v) is 3.53. The quantitative estimate of drug-likeness (QED) is 0.910. The van der Waals surface area contributed by atoms with Gasteiger partial charge in [-0.15, -0.1) is 0 Å². The monoisotopic (exact) mass is 273 g/mol. The SMILES string of the molecule is Fc1ccc(CNC2CSCc3ccccc32)cc1. The number of hydrogen-bond donors (Lipinski definition) is 1. The molecular weight excluding hydrogens is 257 g/mol. The molecule has 2 aromatic carbocycles. The fourth-order valence-electron chi connectivity index (χ4n) is 2.39. The zero-order chi connectivity index (χ0) is 13.1. The van der Waals surface area contributed by atoms with E-state index in [1.54, 1.807) is 0 Å². The van der Waals surface area contributed by atoms with Gasteiger partial charge < -0.3 is 5.32 Å². The van der Waals surface area contributed by atoms with Crippen LogP contribution in [-0.2, 0) is 12.3 Å². The number of hydrogen-bond acceptors (Lipinski definition) is 2. The van der Waals surface area contributed by atoms with Crippen LogP contribution < -0.4 is 5.32 Å². The van der Waals surface area contributed by atoms with Gasteiger partial charge in [-0.05, 0) is 28.8 Å². The minimum Gasteiger partial charge on any atom is -0.305 e. The van der Waals surface area contributed by atoms with E-state index in [4.69, 9.17) is 0 Å². The van der Waals surface area contributed by atoms with E-state index >= 15 is 0 Å². The van der Waals surface area contributed by atoms with Gasteiger partial charge >= 0.3 is 0 Å². The van der Waals surface area contributed by atoms with Gasteiger partial charge in [0.2, 0.25) is 0 Å². The Morgan fingerprint density at radius 1 is 1.11 bits per heavy atom. The third-order valence-electron chi connectivity index (χ3n) is 3.44. The lowest BCUT2D eigenvalue weighted by Crippen LogP contribution is -2.26. The molecule has 0 amide bonds. The standard InChI is InChI=1S/C16H16FNS/c17-14-7-5-12(6-8-14)9-18-16-11-19-10-13-3-1-2-4-15(13)16/h1-8,16,18H,9-11H2. The number of benzene rings is 2. The molecule has 1 heterocycles. The van der Waals surface area contributed by atoms with Crippen molar-refractivity contribution in [2.45, 2.75) is 18.3 Å². The van der Waals surface area contributed by atoms with Gasteiger partial charge in [0.05, 0.1) is 0 Å². The molecule has 3 rings (SSSR count). The van der Waals surface area contributed by atoms with E-state index in [9.17, 15) is 4.39 Å². The van der Waals surface area contributed by atoms with Crippen molar-refractivity contribution >= 4 is 11.8 Å². The van der Waals surface area contributed by atoms with Crippen LogP contribution >= 0.6 is 11.8 Å². The smallest absolute Gasteiger partial charge is 0.123 e. The third kappa shape index (κ3) is 2.99. The van der Waals surface area contributed by atoms with Crippen molar-refractivity contribution in [3.8, 4) is 0 Å². The summed E-state index contributed by atoms with van der Waals surface area (Å²) in [5.74, 6) is 2.02. The maximum absolute atomic E-state index is 12.9. The minimum absolute atomic E-state index is 0.178. The van der Waals surface area contributed by atoms with Crippen molar-refractivity contribution in [1.29, 1.82) is 0 Å². The highest BCUT2D eigenvalue weighted by molar-refractivity contribution is 7.98. The number of rotatable bonds is 3. The Hall–Kier alpha value is -1.32. The van der Waals surface area contributed by atoms with Crippen LogP contribution in [0.25, 0.3) is 0 Å². The minimum atomic E-state index is -0.178. The second kappa shape index (κ2) is 5.76. The van der Waals surface area contributed by atoms with E-state index in [2.05, 4.69) is 29.6 Å². The summed E-state index contributed by atoms with van der Waals surface area (Å²) in [6, 6.07) is 15.7. The normalized spacial score (nSPS) is 18.1. The molecule has 1 aliphatic rings. The fraction of sp³-hybridized carbons (Fsp3) is 0.250. The third-order valence-corrected chi connectivity index (χ3v) is 4.52. The van der Waals surface area contributed by atoms with Crippen LogP contribution in [0.5, 0.6) is 0 Å². The molecule has 1 nitrogen and oxygen atoms in total. The van der Waals surface area contributed by atoms with Gasteiger partial charge in [0.25, 0.3) is 0 Å². The van der Waals surface area contributed by atoms with Crippen LogP contribution in [0.3, 0.4) is 0 Å². The molecule has 0 spiro atoms. The molecule has 3 heteroatoms. The molecule has 1 aliphatic heterocycles. The van der Waals surface area contributed by atoms with Gasteiger partial charge in [-0.1, -0.05) is 36.4 Å². The highest BCUT2D eigenvalue weighted by Crippen LogP contribution is 2.31. The second-order valence-corrected chi connectivity index (χ2v) is 5.80. The van der Waals surface area contributed by atoms with Crippen LogP contribution in [-0.4, -0.2) is 5.75 Å². The van der Waals surface area contributed by atoms with Gasteiger partial charge in [0.1, 0.15) is 5.82 Å². The molecule has 0 bridgehead atoms. The van der Waals surface area contributed by atoms with E-state index < -0.39 is 0 Å². The molecule has 1 unspecified atom stereocenters. The second-order valence-electron chi connectivity index (χ2n) is 4.77. The van der Waals surface area contributed by atoms with Crippen LogP contribution in [0, 0.1) is 5.82 Å². The molecule has 0 aromatic heterocycles. The number of fused-ring (bicyclic) bond motifs is 1. The van der Waals surface area contributed by atoms with E-state index in [0.29, 0.717) is 6.04 Å². The van der Waals surface area contributed by atoms with Crippen molar-refractivity contribution in [3.05, 3.63) is 71.0 Å². The summed E-state index contributed by atoms with van der Waals surface area (Å²) in [7, 11) is 0. The Balaban J connectivity index is 1.69. The van der Waals surface area contributed by atoms with E-state index in [0.717, 1.165) is 23.6 Å². The Morgan fingerprint density at radius 2 is 1.89 bits per heavy atom. The first-order valence-electron chi connectivity index (χ1n) is 6.46. The maximum atomic E-state index is 12.9. The van der Waals surface area contributed by atoms with Crippen LogP contribution in [0.2, 0.25) is 0 Å². The van der Waals surface area contributed by atoms with Gasteiger partial charge in [0.15, 0.2) is 0 Å². The van der Waals surface area contributed by atoms with Crippen LogP contribution in [0.15, 0.2) is 48.5 Å². The highest BCUT2D eigenvalue weighted by atomic mass is 32.2. The van der Waals surface area contributed by atoms with Crippen molar-refractivity contribution < 1.29 is 4.39 Å². The average Bonchev–Trinajstić information content (AvgIpc) is 2.47. The van der Waals surface area contributed by atoms with Gasteiger partial charge in [-0.25, -0.2) is 4.39 Å². The van der Waals surface area contributed by atoms with Crippen molar-refractivity contribution in [3.63, 3.8) is 0 Å². The zero-order valence-corrected chi connectivity index (χ0v) is 11.4. The van der Waals surface area contributed by atoms with Crippen LogP contribution in [0.1, 0.15) is 22.7 Å². The number of thioether (sulfide) groups is 1. The topological polar surface area (TPSA) is 12.0 Å². The summed E-state index contributed by atoms with van der Waals surface area (Å²) in [5, 5.41) is 3.57. The molecule has 0 fully saturated rings. The highest BCUT2D eigenvalue weighted by Gasteiger charge is 2.19. The molecule has 1 N–H and O–H groups in total. The molecule has 0 radical (unpaired) electrons.